The Labute approximate surface area is 91.1 Å². The average molecular weight is 225 g/mol. The SMILES string of the molecule is O=C(O)CCn1cnc2ccc(Cl)cc21. The number of aryl methyl sites for hydroxylation is 1. The fraction of sp³-hybridized carbons (Fsp3) is 0.200. The molecule has 0 fully saturated rings. The Kier molecular flexibility index (Phi) is 2.60. The smallest absolute Gasteiger partial charge is 0.305 e. The second-order valence-electron chi connectivity index (χ2n) is 3.21. The van der Waals surface area contributed by atoms with E-state index >= 15 is 0 Å². The minimum absolute atomic E-state index is 0.0813. The molecule has 1 aromatic heterocycles. The third-order valence-corrected chi connectivity index (χ3v) is 2.38. The Hall–Kier alpha value is -1.55. The van der Waals surface area contributed by atoms with Gasteiger partial charge in [0.15, 0.2) is 0 Å². The highest BCUT2D eigenvalue weighted by Crippen LogP contribution is 2.18. The number of aromatic nitrogens is 2. The Morgan fingerprint density at radius 2 is 2.33 bits per heavy atom. The molecular formula is C10H9ClN2O2. The van der Waals surface area contributed by atoms with Crippen LogP contribution in [0.25, 0.3) is 11.0 Å². The highest BCUT2D eigenvalue weighted by atomic mass is 35.5. The van der Waals surface area contributed by atoms with Crippen molar-refractivity contribution in [1.82, 2.24) is 9.55 Å². The number of hydrogen-bond donors (Lipinski definition) is 1. The van der Waals surface area contributed by atoms with E-state index in [0.717, 1.165) is 11.0 Å². The number of imidazole rings is 1. The third-order valence-electron chi connectivity index (χ3n) is 2.15. The Morgan fingerprint density at radius 3 is 3.07 bits per heavy atom. The summed E-state index contributed by atoms with van der Waals surface area (Å²) in [5.41, 5.74) is 1.69. The summed E-state index contributed by atoms with van der Waals surface area (Å²) in [6, 6.07) is 5.36. The first-order chi connectivity index (χ1) is 7.16. The predicted molar refractivity (Wildman–Crippen MR) is 57.0 cm³/mol. The van der Waals surface area contributed by atoms with Gasteiger partial charge in [0.25, 0.3) is 0 Å². The quantitative estimate of drug-likeness (QED) is 0.869. The van der Waals surface area contributed by atoms with Crippen LogP contribution in [0, 0.1) is 0 Å². The molecule has 2 rings (SSSR count). The van der Waals surface area contributed by atoms with E-state index in [2.05, 4.69) is 4.98 Å². The van der Waals surface area contributed by atoms with Gasteiger partial charge in [-0.2, -0.15) is 0 Å². The molecule has 0 saturated heterocycles. The number of aliphatic carboxylic acids is 1. The van der Waals surface area contributed by atoms with Crippen molar-refractivity contribution >= 4 is 28.6 Å². The molecule has 0 aliphatic heterocycles. The standard InChI is InChI=1S/C10H9ClN2O2/c11-7-1-2-8-9(5-7)13(6-12-8)4-3-10(14)15/h1-2,5-6H,3-4H2,(H,14,15). The molecule has 1 aromatic carbocycles. The first-order valence-electron chi connectivity index (χ1n) is 4.49. The number of carbonyl (C=O) groups is 1. The molecule has 0 aliphatic rings. The van der Waals surface area contributed by atoms with Gasteiger partial charge in [-0.05, 0) is 18.2 Å². The van der Waals surface area contributed by atoms with Crippen LogP contribution in [0.1, 0.15) is 6.42 Å². The first kappa shape index (κ1) is 9.98. The van der Waals surface area contributed by atoms with Crippen LogP contribution in [0.15, 0.2) is 24.5 Å². The molecule has 15 heavy (non-hydrogen) atoms. The van der Waals surface area contributed by atoms with Crippen molar-refractivity contribution in [2.45, 2.75) is 13.0 Å². The van der Waals surface area contributed by atoms with Crippen LogP contribution in [0.3, 0.4) is 0 Å². The summed E-state index contributed by atoms with van der Waals surface area (Å²) in [5, 5.41) is 9.20. The molecule has 0 amide bonds. The van der Waals surface area contributed by atoms with E-state index in [0.29, 0.717) is 11.6 Å². The molecule has 0 spiro atoms. The molecule has 1 N–H and O–H groups in total. The van der Waals surface area contributed by atoms with Crippen molar-refractivity contribution < 1.29 is 9.90 Å². The van der Waals surface area contributed by atoms with Crippen molar-refractivity contribution in [3.63, 3.8) is 0 Å². The number of nitrogens with zero attached hydrogens (tertiary/aromatic N) is 2. The predicted octanol–water partition coefficient (Wildman–Crippen LogP) is 2.16. The van der Waals surface area contributed by atoms with Crippen molar-refractivity contribution in [2.24, 2.45) is 0 Å². The van der Waals surface area contributed by atoms with Gasteiger partial charge >= 0.3 is 5.97 Å². The van der Waals surface area contributed by atoms with Gasteiger partial charge in [0.05, 0.1) is 23.8 Å². The highest BCUT2D eigenvalue weighted by molar-refractivity contribution is 6.31. The first-order valence-corrected chi connectivity index (χ1v) is 4.87. The number of benzene rings is 1. The highest BCUT2D eigenvalue weighted by Gasteiger charge is 2.04. The zero-order valence-electron chi connectivity index (χ0n) is 7.85. The largest absolute Gasteiger partial charge is 0.481 e. The van der Waals surface area contributed by atoms with Crippen LogP contribution in [0.5, 0.6) is 0 Å². The van der Waals surface area contributed by atoms with E-state index in [9.17, 15) is 4.79 Å². The number of carboxylic acid groups (broad SMARTS) is 1. The van der Waals surface area contributed by atoms with Crippen LogP contribution in [-0.2, 0) is 11.3 Å². The van der Waals surface area contributed by atoms with Gasteiger partial charge in [0.2, 0.25) is 0 Å². The zero-order valence-corrected chi connectivity index (χ0v) is 8.61. The van der Waals surface area contributed by atoms with Crippen LogP contribution >= 0.6 is 11.6 Å². The molecule has 0 aliphatic carbocycles. The maximum atomic E-state index is 10.4. The van der Waals surface area contributed by atoms with E-state index < -0.39 is 5.97 Å². The van der Waals surface area contributed by atoms with Gasteiger partial charge in [-0.15, -0.1) is 0 Å². The summed E-state index contributed by atoms with van der Waals surface area (Å²) in [6.07, 6.45) is 1.71. The minimum atomic E-state index is -0.820. The molecule has 0 bridgehead atoms. The van der Waals surface area contributed by atoms with Gasteiger partial charge in [0, 0.05) is 11.6 Å². The maximum Gasteiger partial charge on any atom is 0.305 e. The molecule has 5 heteroatoms. The third kappa shape index (κ3) is 2.10. The van der Waals surface area contributed by atoms with Crippen LogP contribution in [0.4, 0.5) is 0 Å². The summed E-state index contributed by atoms with van der Waals surface area (Å²) < 4.78 is 1.79. The second kappa shape index (κ2) is 3.90. The number of halogens is 1. The minimum Gasteiger partial charge on any atom is -0.481 e. The lowest BCUT2D eigenvalue weighted by Crippen LogP contribution is -2.03. The van der Waals surface area contributed by atoms with Crippen molar-refractivity contribution in [3.05, 3.63) is 29.5 Å². The molecular weight excluding hydrogens is 216 g/mol. The fourth-order valence-corrected chi connectivity index (χ4v) is 1.59. The van der Waals surface area contributed by atoms with Gasteiger partial charge in [0.1, 0.15) is 0 Å². The lowest BCUT2D eigenvalue weighted by Gasteiger charge is -2.01. The van der Waals surface area contributed by atoms with Crippen molar-refractivity contribution in [3.8, 4) is 0 Å². The summed E-state index contributed by atoms with van der Waals surface area (Å²) in [6.45, 7) is 0.409. The summed E-state index contributed by atoms with van der Waals surface area (Å²) >= 11 is 5.85. The number of fused-ring (bicyclic) bond motifs is 1. The molecule has 1 heterocycles. The molecule has 4 nitrogen and oxygen atoms in total. The zero-order chi connectivity index (χ0) is 10.8. The molecule has 78 valence electrons. The monoisotopic (exact) mass is 224 g/mol. The second-order valence-corrected chi connectivity index (χ2v) is 3.65. The Morgan fingerprint density at radius 1 is 1.53 bits per heavy atom. The lowest BCUT2D eigenvalue weighted by atomic mass is 10.3. The lowest BCUT2D eigenvalue weighted by molar-refractivity contribution is -0.137. The van der Waals surface area contributed by atoms with E-state index in [-0.39, 0.29) is 6.42 Å². The van der Waals surface area contributed by atoms with Gasteiger partial charge in [-0.3, -0.25) is 4.79 Å². The molecule has 0 radical (unpaired) electrons. The number of hydrogen-bond acceptors (Lipinski definition) is 2. The number of rotatable bonds is 3. The van der Waals surface area contributed by atoms with Crippen molar-refractivity contribution in [1.29, 1.82) is 0 Å². The summed E-state index contributed by atoms with van der Waals surface area (Å²) in [4.78, 5) is 14.6. The van der Waals surface area contributed by atoms with Gasteiger partial charge in [-0.1, -0.05) is 11.6 Å². The normalized spacial score (nSPS) is 10.7. The van der Waals surface area contributed by atoms with E-state index in [1.807, 2.05) is 6.07 Å². The Bertz CT molecular complexity index is 507. The molecule has 0 saturated carbocycles. The van der Waals surface area contributed by atoms with E-state index in [1.54, 1.807) is 23.0 Å². The van der Waals surface area contributed by atoms with Crippen LogP contribution in [-0.4, -0.2) is 20.6 Å². The molecule has 2 aromatic rings. The molecule has 0 atom stereocenters. The molecule has 0 unspecified atom stereocenters. The topological polar surface area (TPSA) is 55.1 Å². The van der Waals surface area contributed by atoms with Gasteiger partial charge < -0.3 is 9.67 Å². The summed E-state index contributed by atoms with van der Waals surface area (Å²) in [7, 11) is 0. The fourth-order valence-electron chi connectivity index (χ4n) is 1.42. The maximum absolute atomic E-state index is 10.4. The van der Waals surface area contributed by atoms with Crippen molar-refractivity contribution in [2.75, 3.05) is 0 Å². The van der Waals surface area contributed by atoms with Gasteiger partial charge in [-0.25, -0.2) is 4.98 Å². The van der Waals surface area contributed by atoms with Crippen LogP contribution in [0.2, 0.25) is 5.02 Å². The average Bonchev–Trinajstić information content (AvgIpc) is 2.57. The van der Waals surface area contributed by atoms with E-state index in [4.69, 9.17) is 16.7 Å². The summed E-state index contributed by atoms with van der Waals surface area (Å²) in [5.74, 6) is -0.820. The number of carboxylic acids is 1. The Balaban J connectivity index is 2.35. The van der Waals surface area contributed by atoms with Crippen LogP contribution < -0.4 is 0 Å². The van der Waals surface area contributed by atoms with E-state index in [1.165, 1.54) is 0 Å².